The van der Waals surface area contributed by atoms with Gasteiger partial charge in [-0.15, -0.1) is 0 Å². The summed E-state index contributed by atoms with van der Waals surface area (Å²) in [6.45, 7) is 6.77. The van der Waals surface area contributed by atoms with Gasteiger partial charge < -0.3 is 153 Å². The van der Waals surface area contributed by atoms with Crippen LogP contribution in [-0.4, -0.2) is 503 Å². The Morgan fingerprint density at radius 1 is 0.302 bits per heavy atom. The lowest BCUT2D eigenvalue weighted by Gasteiger charge is -2.32. The summed E-state index contributed by atoms with van der Waals surface area (Å²) in [6.07, 6.45) is 0. The van der Waals surface area contributed by atoms with Crippen molar-refractivity contribution >= 4 is 143 Å². The molecule has 0 aromatic carbocycles. The van der Waals surface area contributed by atoms with E-state index in [0.717, 1.165) is 83.4 Å². The molecule has 0 aromatic rings. The van der Waals surface area contributed by atoms with Gasteiger partial charge in [-0.3, -0.25) is 91.3 Å². The third kappa shape index (κ3) is 40.5. The number of hydrogen-bond acceptors (Lipinski definition) is 42. The zero-order chi connectivity index (χ0) is 95.3. The SMILES string of the molecule is CN(C)C1=NCN=C(N(C)C)N1C.CN(C)C1=NCNC(=N)N1C.CN(C)C1=NCNC(N(C)C)=N1.CN(C)C1=NCNC(N)=N1.CN1C(=N)NCNC1=N.CN=C1N=C(N)NCN1.CN=C1NCN=C(N(C)C)N1C.CN=C1NCNC(=N)N1C.CN=C1NCNC(=NC)N1.CN=C1NCNC(=NC)N1C.CNC1=NC(N(C)C)=NCN1.NC1=NCNC(N)=N1. The van der Waals surface area contributed by atoms with E-state index in [1.165, 1.54) is 4.90 Å². The van der Waals surface area contributed by atoms with E-state index in [1.807, 2.05) is 202 Å². The van der Waals surface area contributed by atoms with Gasteiger partial charge in [0, 0.05) is 211 Å². The Kier molecular flexibility index (Phi) is 50.8. The summed E-state index contributed by atoms with van der Waals surface area (Å²) in [4.78, 5) is 106. The fourth-order valence-corrected chi connectivity index (χ4v) is 9.63. The minimum absolute atomic E-state index is 0.237. The molecule has 60 nitrogen and oxygen atoms in total. The lowest BCUT2D eigenvalue weighted by atomic mass is 10.6. The molecule has 0 aliphatic carbocycles. The summed E-state index contributed by atoms with van der Waals surface area (Å²) in [5.41, 5.74) is 21.1. The van der Waals surface area contributed by atoms with Crippen molar-refractivity contribution in [3.8, 4) is 0 Å². The second-order valence-corrected chi connectivity index (χ2v) is 27.1. The van der Waals surface area contributed by atoms with Gasteiger partial charge in [0.25, 0.3) is 0 Å². The molecule has 12 heterocycles. The first-order chi connectivity index (χ1) is 59.6. The molecular formula is C66H144N60. The van der Waals surface area contributed by atoms with Crippen LogP contribution < -0.4 is 119 Å². The zero-order valence-electron chi connectivity index (χ0n) is 79.0. The van der Waals surface area contributed by atoms with Crippen molar-refractivity contribution in [2.75, 3.05) is 291 Å². The Bertz CT molecular complexity index is 3990. The molecule has 12 aliphatic rings. The van der Waals surface area contributed by atoms with Crippen LogP contribution in [0.2, 0.25) is 0 Å². The van der Waals surface area contributed by atoms with E-state index in [9.17, 15) is 0 Å². The molecule has 0 unspecified atom stereocenters. The minimum Gasteiger partial charge on any atom is -0.370 e. The van der Waals surface area contributed by atoms with Crippen LogP contribution in [0.3, 0.4) is 0 Å². The Morgan fingerprint density at radius 3 is 1.05 bits per heavy atom. The van der Waals surface area contributed by atoms with Crippen molar-refractivity contribution in [2.45, 2.75) is 0 Å². The molecule has 126 heavy (non-hydrogen) atoms. The molecule has 12 rings (SSSR count). The number of guanidine groups is 24. The molecule has 12 aliphatic heterocycles. The standard InChI is InChI=1S/C8H17N5.2C7H15N5.3C6H13N5.3C5H11N5.2C4H9N5.C3H7N5/c1-11(2)7-9-6-10-8(12(3)4)13(7)5;1-11(2)6-8-5-9-7(10-6)12(3)4;1-8-6-9-5-10-7(11(2)3)12(6)4;1-10(2)6-9-4-8-5(7)11(6)3;1-7-5-8-4-9-6(10-5)11(2)3;1-7-5-9-4-10-6(8-2)11(5)3;1-10(2)5-8-3-7-4(6)9-5;1-7-5-9-3-8-4(6)10(5)2;1-6-4-8-3-9-5(7-2)10-4;1-9-3(5)7-2-8-4(9)6;1-6-4-8-2-7-3(5)9-4;4-2-6-1-7-3(5)8-2/h6H2,1-5H3;5H2,1-4H3,(H,8,9,10);5H2,1-4H3,(H,8,9);4H2,1-3H3,(H2,7,8);4H2,1-3H3,(H2,7,8,9,10);4H2,1-3H3,(H,7,9)(H,8,10);3H2,1-2H3,(H3,6,7,8,9);3H2,1-2H3,(H2,6,8)(H,7,9);3H2,1-2H3,(H3,6,7,8,9,10);2H2,1H3,(H2,5,7)(H2,6,8);2H2,1H3,(H4,5,6,7,8,9);1H2,(H5,4,5,6,7,8). The fourth-order valence-electron chi connectivity index (χ4n) is 9.63. The molecule has 60 heteroatoms. The van der Waals surface area contributed by atoms with Crippen LogP contribution in [0.25, 0.3) is 0 Å². The highest BCUT2D eigenvalue weighted by Gasteiger charge is 2.23. The number of rotatable bonds is 0. The van der Waals surface area contributed by atoms with Gasteiger partial charge in [0.2, 0.25) is 89.4 Å². The van der Waals surface area contributed by atoms with Gasteiger partial charge in [-0.05, 0) is 0 Å². The molecule has 4 saturated heterocycles. The maximum Gasteiger partial charge on any atom is 0.225 e. The Hall–Kier alpha value is -15.1. The Morgan fingerprint density at radius 2 is 0.667 bits per heavy atom. The monoisotopic (exact) mass is 1780 g/mol. The van der Waals surface area contributed by atoms with Gasteiger partial charge in [-0.25, -0.2) is 39.9 Å². The van der Waals surface area contributed by atoms with Crippen molar-refractivity contribution in [2.24, 2.45) is 123 Å². The van der Waals surface area contributed by atoms with Gasteiger partial charge in [0.1, 0.15) is 46.7 Å². The van der Waals surface area contributed by atoms with Gasteiger partial charge in [0.15, 0.2) is 53.6 Å². The highest BCUT2D eigenvalue weighted by atomic mass is 15.5. The predicted octanol–water partition coefficient (Wildman–Crippen LogP) is -12.1. The van der Waals surface area contributed by atoms with E-state index in [1.54, 1.807) is 73.2 Å². The van der Waals surface area contributed by atoms with E-state index in [4.69, 9.17) is 44.6 Å². The van der Waals surface area contributed by atoms with Crippen LogP contribution in [0.1, 0.15) is 0 Å². The minimum atomic E-state index is 0.237. The third-order valence-electron chi connectivity index (χ3n) is 15.9. The second-order valence-electron chi connectivity index (χ2n) is 27.1. The van der Waals surface area contributed by atoms with E-state index in [-0.39, 0.29) is 17.9 Å². The lowest BCUT2D eigenvalue weighted by Crippen LogP contribution is -2.57. The molecule has 0 radical (unpaired) electrons. The first-order valence-corrected chi connectivity index (χ1v) is 38.6. The Labute approximate surface area is 740 Å². The fraction of sp³-hybridized carbons (Fsp3) is 0.636. The van der Waals surface area contributed by atoms with Crippen molar-refractivity contribution in [1.82, 2.24) is 164 Å². The molecule has 4 fully saturated rings. The van der Waals surface area contributed by atoms with Crippen LogP contribution in [0, 0.1) is 21.6 Å². The van der Waals surface area contributed by atoms with Crippen LogP contribution >= 0.6 is 0 Å². The van der Waals surface area contributed by atoms with Crippen LogP contribution in [-0.2, 0) is 0 Å². The summed E-state index contributed by atoms with van der Waals surface area (Å²) in [5.74, 6) is 15.4. The Balaban J connectivity index is 0.000000688. The quantitative estimate of drug-likeness (QED) is 0.107. The second kappa shape index (κ2) is 58.8. The van der Waals surface area contributed by atoms with E-state index in [2.05, 4.69) is 196 Å². The maximum atomic E-state index is 7.43. The summed E-state index contributed by atoms with van der Waals surface area (Å²) in [6, 6.07) is 0. The molecular weight excluding hydrogens is 1630 g/mol. The number of nitrogens with one attached hydrogen (secondary N) is 22. The first-order valence-electron chi connectivity index (χ1n) is 38.6. The zero-order valence-corrected chi connectivity index (χ0v) is 79.0. The average molecular weight is 1780 g/mol. The van der Waals surface area contributed by atoms with Gasteiger partial charge >= 0.3 is 0 Å². The topological polar surface area (TPSA) is 709 Å². The number of aliphatic imine (C=N–C) groups is 20. The van der Waals surface area contributed by atoms with Crippen molar-refractivity contribution < 1.29 is 0 Å². The highest BCUT2D eigenvalue weighted by molar-refractivity contribution is 6.05. The summed E-state index contributed by atoms with van der Waals surface area (Å²) >= 11 is 0. The predicted molar refractivity (Wildman–Crippen MR) is 515 cm³/mol. The molecule has 0 atom stereocenters. The molecule has 30 N–H and O–H groups in total. The summed E-state index contributed by atoms with van der Waals surface area (Å²) < 4.78 is 0. The van der Waals surface area contributed by atoms with Gasteiger partial charge in [-0.1, -0.05) is 0 Å². The van der Waals surface area contributed by atoms with Crippen molar-refractivity contribution in [3.05, 3.63) is 0 Å². The smallest absolute Gasteiger partial charge is 0.225 e. The molecule has 0 spiro atoms. The summed E-state index contributed by atoms with van der Waals surface area (Å²) in [5, 5.41) is 81.3. The third-order valence-corrected chi connectivity index (χ3v) is 15.9. The largest absolute Gasteiger partial charge is 0.370 e. The first kappa shape index (κ1) is 109. The molecule has 0 amide bonds. The average Bonchev–Trinajstić information content (AvgIpc) is 0.846. The molecule has 0 aromatic heterocycles. The van der Waals surface area contributed by atoms with Crippen molar-refractivity contribution in [3.63, 3.8) is 0 Å². The molecule has 0 saturated carbocycles. The van der Waals surface area contributed by atoms with E-state index < -0.39 is 0 Å². The molecule has 708 valence electrons. The maximum absolute atomic E-state index is 7.43. The summed E-state index contributed by atoms with van der Waals surface area (Å²) in [7, 11) is 55.9. The van der Waals surface area contributed by atoms with Gasteiger partial charge in [0.05, 0.1) is 33.3 Å². The molecule has 0 bridgehead atoms. The van der Waals surface area contributed by atoms with Gasteiger partial charge in [-0.2, -0.15) is 25.0 Å². The van der Waals surface area contributed by atoms with E-state index in [0.29, 0.717) is 122 Å². The lowest BCUT2D eigenvalue weighted by molar-refractivity contribution is 0.461. The number of nitrogens with zero attached hydrogens (tertiary/aromatic N) is 34. The van der Waals surface area contributed by atoms with Crippen LogP contribution in [0.4, 0.5) is 0 Å². The number of nitrogens with two attached hydrogens (primary N) is 4. The highest BCUT2D eigenvalue weighted by Crippen LogP contribution is 2.04. The normalized spacial score (nSPS) is 19.6. The van der Waals surface area contributed by atoms with Crippen LogP contribution in [0.5, 0.6) is 0 Å². The van der Waals surface area contributed by atoms with Crippen LogP contribution in [0.15, 0.2) is 99.8 Å². The number of hydrogen-bond donors (Lipinski definition) is 26. The van der Waals surface area contributed by atoms with Crippen molar-refractivity contribution in [1.29, 1.82) is 21.6 Å². The van der Waals surface area contributed by atoms with E-state index >= 15 is 0 Å².